The molecule has 10 nitrogen and oxygen atoms in total. The van der Waals surface area contributed by atoms with Crippen LogP contribution in [0.15, 0.2) is 36.5 Å². The molecule has 39 heavy (non-hydrogen) atoms. The highest BCUT2D eigenvalue weighted by Crippen LogP contribution is 2.40. The number of nitrogen functional groups attached to an aromatic ring is 1. The van der Waals surface area contributed by atoms with E-state index >= 15 is 0 Å². The molecule has 1 spiro atoms. The number of amides is 2. The number of aromatic nitrogens is 3. The second-order valence-electron chi connectivity index (χ2n) is 9.33. The van der Waals surface area contributed by atoms with E-state index in [2.05, 4.69) is 20.1 Å². The molecule has 0 radical (unpaired) electrons. The number of hydrogen-bond acceptors (Lipinski definition) is 7. The second kappa shape index (κ2) is 9.94. The summed E-state index contributed by atoms with van der Waals surface area (Å²) in [4.78, 5) is 18.6. The van der Waals surface area contributed by atoms with Gasteiger partial charge in [0, 0.05) is 29.7 Å². The van der Waals surface area contributed by atoms with Gasteiger partial charge in [-0.3, -0.25) is 4.68 Å². The number of carbonyl (C=O) groups excluding carboxylic acids is 1. The van der Waals surface area contributed by atoms with Crippen molar-refractivity contribution in [2.45, 2.75) is 37.9 Å². The molecule has 0 saturated carbocycles. The number of urea groups is 1. The third-order valence-corrected chi connectivity index (χ3v) is 7.11. The van der Waals surface area contributed by atoms with E-state index in [0.29, 0.717) is 59.2 Å². The first kappa shape index (κ1) is 26.6. The predicted octanol–water partition coefficient (Wildman–Crippen LogP) is 4.35. The van der Waals surface area contributed by atoms with Gasteiger partial charge in [-0.15, -0.1) is 13.2 Å². The molecule has 2 aromatic heterocycles. The van der Waals surface area contributed by atoms with Crippen LogP contribution in [-0.2, 0) is 16.9 Å². The monoisotopic (exact) mass is 561 g/mol. The summed E-state index contributed by atoms with van der Waals surface area (Å²) in [5, 5.41) is 16.9. The van der Waals surface area contributed by atoms with Crippen LogP contribution in [-0.4, -0.2) is 51.8 Å². The van der Waals surface area contributed by atoms with Crippen LogP contribution in [0.2, 0.25) is 5.02 Å². The van der Waals surface area contributed by atoms with Crippen LogP contribution in [0.5, 0.6) is 5.75 Å². The molecular formula is C25H23ClF3N7O3. The fraction of sp³-hybridized carbons (Fsp3) is 0.360. The van der Waals surface area contributed by atoms with Crippen LogP contribution in [0, 0.1) is 11.3 Å². The maximum Gasteiger partial charge on any atom is 0.573 e. The maximum absolute atomic E-state index is 13.1. The highest BCUT2D eigenvalue weighted by Gasteiger charge is 2.47. The molecule has 14 heteroatoms. The van der Waals surface area contributed by atoms with Gasteiger partial charge in [-0.05, 0) is 36.8 Å². The topological polar surface area (TPSA) is 131 Å². The van der Waals surface area contributed by atoms with E-state index in [1.165, 1.54) is 6.20 Å². The third kappa shape index (κ3) is 5.30. The number of anilines is 1. The van der Waals surface area contributed by atoms with Crippen LogP contribution >= 0.6 is 11.6 Å². The normalized spacial score (nSPS) is 19.4. The fourth-order valence-electron chi connectivity index (χ4n) is 4.88. The predicted molar refractivity (Wildman–Crippen MR) is 133 cm³/mol. The molecule has 1 fully saturated rings. The summed E-state index contributed by atoms with van der Waals surface area (Å²) >= 11 is 6.30. The zero-order chi connectivity index (χ0) is 27.9. The average molecular weight is 562 g/mol. The summed E-state index contributed by atoms with van der Waals surface area (Å²) in [6, 6.07) is 9.07. The molecule has 2 amide bonds. The molecular weight excluding hydrogens is 539 g/mol. The van der Waals surface area contributed by atoms with Gasteiger partial charge in [-0.2, -0.15) is 10.4 Å². The zero-order valence-corrected chi connectivity index (χ0v) is 21.4. The van der Waals surface area contributed by atoms with E-state index < -0.39 is 29.6 Å². The molecule has 204 valence electrons. The summed E-state index contributed by atoms with van der Waals surface area (Å²) in [5.74, 6) is -1.01. The summed E-state index contributed by atoms with van der Waals surface area (Å²) in [6.45, 7) is 3.25. The Balaban J connectivity index is 1.34. The quantitative estimate of drug-likeness (QED) is 0.484. The number of ether oxygens (including phenoxy) is 2. The van der Waals surface area contributed by atoms with Gasteiger partial charge in [0.05, 0.1) is 48.8 Å². The van der Waals surface area contributed by atoms with Gasteiger partial charge < -0.3 is 25.4 Å². The molecule has 0 bridgehead atoms. The molecule has 1 aromatic carbocycles. The van der Waals surface area contributed by atoms with E-state index in [0.717, 1.165) is 6.07 Å². The van der Waals surface area contributed by atoms with Gasteiger partial charge in [0.25, 0.3) is 0 Å². The lowest BCUT2D eigenvalue weighted by Gasteiger charge is -2.34. The Labute approximate surface area is 226 Å². The van der Waals surface area contributed by atoms with Crippen molar-refractivity contribution < 1.29 is 27.4 Å². The standard InChI is InChI=1S/C25H23ClF3N7O3/c1-14(17-3-2-15(11-30)8-18(17)26)33-23(37)35-5-4-24(13-35)21-10-19(34-36(21)6-7-38-24)16-9-20(22(31)32-12-16)39-25(27,28)29/h2-3,8-10,12,14H,4-7,13H2,1H3,(H2,31,32)(H,33,37)/t14-,24?/m1/s1. The minimum atomic E-state index is -4.92. The summed E-state index contributed by atoms with van der Waals surface area (Å²) in [7, 11) is 0. The summed E-state index contributed by atoms with van der Waals surface area (Å²) < 4.78 is 50.2. The van der Waals surface area contributed by atoms with Crippen LogP contribution in [0.4, 0.5) is 23.8 Å². The lowest BCUT2D eigenvalue weighted by atomic mass is 9.96. The van der Waals surface area contributed by atoms with Crippen LogP contribution in [0.1, 0.15) is 36.2 Å². The molecule has 0 aliphatic carbocycles. The lowest BCUT2D eigenvalue weighted by molar-refractivity contribution is -0.274. The minimum Gasteiger partial charge on any atom is -0.402 e. The van der Waals surface area contributed by atoms with Gasteiger partial charge >= 0.3 is 12.4 Å². The Kier molecular flexibility index (Phi) is 6.77. The number of nitrogens with zero attached hydrogens (tertiary/aromatic N) is 5. The molecule has 4 heterocycles. The van der Waals surface area contributed by atoms with E-state index in [9.17, 15) is 18.0 Å². The molecule has 2 atom stereocenters. The average Bonchev–Trinajstić information content (AvgIpc) is 3.51. The van der Waals surface area contributed by atoms with Gasteiger partial charge in [-0.25, -0.2) is 9.78 Å². The summed E-state index contributed by atoms with van der Waals surface area (Å²) in [5.41, 5.74) is 7.21. The number of rotatable bonds is 4. The Bertz CT molecular complexity index is 1470. The number of benzene rings is 1. The zero-order valence-electron chi connectivity index (χ0n) is 20.6. The number of nitrogens with one attached hydrogen (secondary N) is 1. The lowest BCUT2D eigenvalue weighted by Crippen LogP contribution is -2.44. The van der Waals surface area contributed by atoms with Gasteiger partial charge in [-0.1, -0.05) is 17.7 Å². The summed E-state index contributed by atoms with van der Waals surface area (Å²) in [6.07, 6.45) is -3.10. The number of alkyl halides is 3. The van der Waals surface area contributed by atoms with Crippen molar-refractivity contribution in [1.82, 2.24) is 25.0 Å². The number of hydrogen-bond donors (Lipinski definition) is 2. The number of nitrogens with two attached hydrogens (primary N) is 1. The van der Waals surface area contributed by atoms with Crippen molar-refractivity contribution in [3.8, 4) is 23.1 Å². The van der Waals surface area contributed by atoms with Gasteiger partial charge in [0.15, 0.2) is 11.6 Å². The van der Waals surface area contributed by atoms with E-state index in [-0.39, 0.29) is 12.6 Å². The minimum absolute atomic E-state index is 0.250. The number of carbonyl (C=O) groups is 1. The second-order valence-corrected chi connectivity index (χ2v) is 9.73. The number of halogens is 4. The first-order valence-electron chi connectivity index (χ1n) is 12.0. The van der Waals surface area contributed by atoms with Crippen molar-refractivity contribution >= 4 is 23.4 Å². The Morgan fingerprint density at radius 2 is 2.13 bits per heavy atom. The Morgan fingerprint density at radius 3 is 2.85 bits per heavy atom. The molecule has 1 unspecified atom stereocenters. The van der Waals surface area contributed by atoms with Crippen molar-refractivity contribution in [2.24, 2.45) is 0 Å². The fourth-order valence-corrected chi connectivity index (χ4v) is 5.23. The van der Waals surface area contributed by atoms with Crippen LogP contribution in [0.25, 0.3) is 11.3 Å². The maximum atomic E-state index is 13.1. The van der Waals surface area contributed by atoms with Crippen molar-refractivity contribution in [3.63, 3.8) is 0 Å². The SMILES string of the molecule is C[C@@H](NC(=O)N1CCC2(C1)OCCn1nc(-c3cnc(N)c(OC(F)(F)F)c3)cc12)c1ccc(C#N)cc1Cl. The highest BCUT2D eigenvalue weighted by molar-refractivity contribution is 6.31. The van der Waals surface area contributed by atoms with E-state index in [4.69, 9.17) is 27.3 Å². The van der Waals surface area contributed by atoms with Crippen molar-refractivity contribution in [3.05, 3.63) is 58.4 Å². The van der Waals surface area contributed by atoms with Crippen molar-refractivity contribution in [2.75, 3.05) is 25.4 Å². The number of pyridine rings is 1. The van der Waals surface area contributed by atoms with Gasteiger partial charge in [0.2, 0.25) is 0 Å². The number of likely N-dealkylation sites (tertiary alicyclic amines) is 1. The molecule has 2 aliphatic rings. The first-order chi connectivity index (χ1) is 18.5. The molecule has 1 saturated heterocycles. The number of fused-ring (bicyclic) bond motifs is 2. The highest BCUT2D eigenvalue weighted by atomic mass is 35.5. The first-order valence-corrected chi connectivity index (χ1v) is 12.3. The Morgan fingerprint density at radius 1 is 1.33 bits per heavy atom. The molecule has 3 aromatic rings. The van der Waals surface area contributed by atoms with E-state index in [1.807, 2.05) is 6.07 Å². The van der Waals surface area contributed by atoms with Crippen LogP contribution in [0.3, 0.4) is 0 Å². The third-order valence-electron chi connectivity index (χ3n) is 6.79. The Hall–Kier alpha value is -4.02. The number of nitriles is 1. The van der Waals surface area contributed by atoms with E-state index in [1.54, 1.807) is 40.8 Å². The van der Waals surface area contributed by atoms with Gasteiger partial charge in [0.1, 0.15) is 5.60 Å². The largest absolute Gasteiger partial charge is 0.573 e. The molecule has 5 rings (SSSR count). The molecule has 2 aliphatic heterocycles. The smallest absolute Gasteiger partial charge is 0.402 e. The van der Waals surface area contributed by atoms with Crippen molar-refractivity contribution in [1.29, 1.82) is 5.26 Å². The van der Waals surface area contributed by atoms with Crippen LogP contribution < -0.4 is 15.8 Å². The molecule has 3 N–H and O–H groups in total.